The van der Waals surface area contributed by atoms with E-state index in [1.54, 1.807) is 30.3 Å². The predicted octanol–water partition coefficient (Wildman–Crippen LogP) is 4.48. The molecule has 1 saturated heterocycles. The number of ether oxygens (including phenoxy) is 4. The van der Waals surface area contributed by atoms with Crippen molar-refractivity contribution in [2.24, 2.45) is 0 Å². The summed E-state index contributed by atoms with van der Waals surface area (Å²) in [4.78, 5) is 27.4. The Balaban J connectivity index is 2.06. The molecular weight excluding hydrogens is 524 g/mol. The Kier molecular flexibility index (Phi) is 8.16. The zero-order chi connectivity index (χ0) is 25.0. The number of anilines is 1. The standard InChI is InChI=1S/C24H25BrN2O6S/c1-6-32-20-11-14(10-17(25)21(20)33-13(2)3)9-16-22(28)26-24(34)27(23(16)29)18-8-7-15(30-4)12-19(18)31-5/h7-13H,6H2,1-5H3,(H,26,28,34)/b16-9+. The maximum Gasteiger partial charge on any atom is 0.270 e. The third-order valence-electron chi connectivity index (χ3n) is 4.73. The van der Waals surface area contributed by atoms with Gasteiger partial charge in [0.25, 0.3) is 11.8 Å². The summed E-state index contributed by atoms with van der Waals surface area (Å²) in [6.45, 7) is 6.10. The number of nitrogens with one attached hydrogen (secondary N) is 1. The summed E-state index contributed by atoms with van der Waals surface area (Å²) in [5, 5.41) is 2.53. The lowest BCUT2D eigenvalue weighted by atomic mass is 10.1. The summed E-state index contributed by atoms with van der Waals surface area (Å²) < 4.78 is 22.9. The second-order valence-electron chi connectivity index (χ2n) is 7.43. The molecule has 0 bridgehead atoms. The molecule has 0 spiro atoms. The molecule has 0 radical (unpaired) electrons. The van der Waals surface area contributed by atoms with Gasteiger partial charge in [-0.2, -0.15) is 0 Å². The van der Waals surface area contributed by atoms with E-state index in [-0.39, 0.29) is 16.8 Å². The van der Waals surface area contributed by atoms with Crippen molar-refractivity contribution in [2.75, 3.05) is 25.7 Å². The highest BCUT2D eigenvalue weighted by Crippen LogP contribution is 2.39. The lowest BCUT2D eigenvalue weighted by molar-refractivity contribution is -0.122. The van der Waals surface area contributed by atoms with Crippen LogP contribution in [-0.2, 0) is 9.59 Å². The Morgan fingerprint density at radius 2 is 1.85 bits per heavy atom. The largest absolute Gasteiger partial charge is 0.497 e. The average Bonchev–Trinajstić information content (AvgIpc) is 2.79. The van der Waals surface area contributed by atoms with Crippen LogP contribution in [0.4, 0.5) is 5.69 Å². The number of carbonyl (C=O) groups excluding carboxylic acids is 2. The third kappa shape index (κ3) is 5.34. The van der Waals surface area contributed by atoms with E-state index >= 15 is 0 Å². The van der Waals surface area contributed by atoms with Crippen LogP contribution in [0.2, 0.25) is 0 Å². The van der Waals surface area contributed by atoms with Crippen molar-refractivity contribution in [2.45, 2.75) is 26.9 Å². The van der Waals surface area contributed by atoms with Crippen molar-refractivity contribution in [3.8, 4) is 23.0 Å². The number of thiocarbonyl (C=S) groups is 1. The summed E-state index contributed by atoms with van der Waals surface area (Å²) in [5.74, 6) is 0.758. The average molecular weight is 549 g/mol. The van der Waals surface area contributed by atoms with E-state index < -0.39 is 11.8 Å². The van der Waals surface area contributed by atoms with E-state index in [0.717, 1.165) is 0 Å². The van der Waals surface area contributed by atoms with Gasteiger partial charge in [-0.15, -0.1) is 0 Å². The van der Waals surface area contributed by atoms with E-state index in [2.05, 4.69) is 21.2 Å². The summed E-state index contributed by atoms with van der Waals surface area (Å²) in [6, 6.07) is 8.40. The monoisotopic (exact) mass is 548 g/mol. The molecule has 8 nitrogen and oxygen atoms in total. The van der Waals surface area contributed by atoms with Gasteiger partial charge in [-0.1, -0.05) is 0 Å². The smallest absolute Gasteiger partial charge is 0.270 e. The van der Waals surface area contributed by atoms with Crippen molar-refractivity contribution in [1.82, 2.24) is 5.32 Å². The summed E-state index contributed by atoms with van der Waals surface area (Å²) >= 11 is 8.80. The number of nitrogens with zero attached hydrogens (tertiary/aromatic N) is 1. The van der Waals surface area contributed by atoms with Crippen molar-refractivity contribution in [3.63, 3.8) is 0 Å². The SMILES string of the molecule is CCOc1cc(/C=C2\C(=O)NC(=S)N(c3ccc(OC)cc3OC)C2=O)cc(Br)c1OC(C)C. The third-order valence-corrected chi connectivity index (χ3v) is 5.60. The molecule has 1 fully saturated rings. The first kappa shape index (κ1) is 25.5. The van der Waals surface area contributed by atoms with E-state index in [1.165, 1.54) is 25.2 Å². The summed E-state index contributed by atoms with van der Waals surface area (Å²) in [6.07, 6.45) is 1.41. The molecule has 1 N–H and O–H groups in total. The van der Waals surface area contributed by atoms with Gasteiger partial charge in [0.2, 0.25) is 0 Å². The van der Waals surface area contributed by atoms with Gasteiger partial charge in [-0.25, -0.2) is 4.90 Å². The molecule has 0 atom stereocenters. The zero-order valence-corrected chi connectivity index (χ0v) is 21.8. The van der Waals surface area contributed by atoms with Crippen molar-refractivity contribution in [3.05, 3.63) is 45.9 Å². The topological polar surface area (TPSA) is 86.3 Å². The van der Waals surface area contributed by atoms with Crippen LogP contribution in [0, 0.1) is 0 Å². The first-order valence-electron chi connectivity index (χ1n) is 10.5. The maximum absolute atomic E-state index is 13.4. The van der Waals surface area contributed by atoms with Crippen LogP contribution < -0.4 is 29.2 Å². The first-order valence-corrected chi connectivity index (χ1v) is 11.7. The molecular formula is C24H25BrN2O6S. The quantitative estimate of drug-likeness (QED) is 0.295. The first-order chi connectivity index (χ1) is 16.2. The number of hydrogen-bond donors (Lipinski definition) is 1. The molecule has 3 rings (SSSR count). The molecule has 1 aliphatic heterocycles. The van der Waals surface area contributed by atoms with Crippen LogP contribution in [0.3, 0.4) is 0 Å². The molecule has 2 amide bonds. The summed E-state index contributed by atoms with van der Waals surface area (Å²) in [7, 11) is 3.00. The number of rotatable bonds is 8. The summed E-state index contributed by atoms with van der Waals surface area (Å²) in [5.41, 5.74) is 0.846. The lowest BCUT2D eigenvalue weighted by Crippen LogP contribution is -2.54. The van der Waals surface area contributed by atoms with Gasteiger partial charge in [0.05, 0.1) is 37.1 Å². The van der Waals surface area contributed by atoms with Gasteiger partial charge in [0, 0.05) is 6.07 Å². The minimum absolute atomic E-state index is 0.0486. The Morgan fingerprint density at radius 1 is 1.12 bits per heavy atom. The van der Waals surface area contributed by atoms with Gasteiger partial charge in [0.15, 0.2) is 16.6 Å². The number of halogens is 1. The molecule has 0 aliphatic carbocycles. The highest BCUT2D eigenvalue weighted by Gasteiger charge is 2.36. The van der Waals surface area contributed by atoms with E-state index in [9.17, 15) is 9.59 Å². The minimum Gasteiger partial charge on any atom is -0.497 e. The van der Waals surface area contributed by atoms with Gasteiger partial charge in [-0.3, -0.25) is 14.9 Å². The van der Waals surface area contributed by atoms with Crippen LogP contribution in [-0.4, -0.2) is 43.9 Å². The molecule has 0 unspecified atom stereocenters. The predicted molar refractivity (Wildman–Crippen MR) is 137 cm³/mol. The molecule has 180 valence electrons. The molecule has 1 heterocycles. The lowest BCUT2D eigenvalue weighted by Gasteiger charge is -2.30. The highest BCUT2D eigenvalue weighted by atomic mass is 79.9. The van der Waals surface area contributed by atoms with Crippen molar-refractivity contribution in [1.29, 1.82) is 0 Å². The van der Waals surface area contributed by atoms with Crippen LogP contribution >= 0.6 is 28.1 Å². The van der Waals surface area contributed by atoms with Crippen LogP contribution in [0.15, 0.2) is 40.4 Å². The molecule has 10 heteroatoms. The van der Waals surface area contributed by atoms with E-state index in [4.69, 9.17) is 31.2 Å². The van der Waals surface area contributed by atoms with Gasteiger partial charge in [0.1, 0.15) is 17.1 Å². The molecule has 0 aromatic heterocycles. The van der Waals surface area contributed by atoms with Crippen LogP contribution in [0.1, 0.15) is 26.3 Å². The van der Waals surface area contributed by atoms with Crippen molar-refractivity contribution < 1.29 is 28.5 Å². The Hall–Kier alpha value is -3.11. The van der Waals surface area contributed by atoms with Crippen LogP contribution in [0.5, 0.6) is 23.0 Å². The van der Waals surface area contributed by atoms with E-state index in [0.29, 0.717) is 45.3 Å². The molecule has 2 aromatic carbocycles. The minimum atomic E-state index is -0.602. The Bertz CT molecular complexity index is 1160. The van der Waals surface area contributed by atoms with Crippen LogP contribution in [0.25, 0.3) is 6.08 Å². The number of methoxy groups -OCH3 is 2. The Morgan fingerprint density at radius 3 is 2.47 bits per heavy atom. The normalized spacial score (nSPS) is 15.0. The van der Waals surface area contributed by atoms with Gasteiger partial charge < -0.3 is 18.9 Å². The zero-order valence-electron chi connectivity index (χ0n) is 19.4. The number of amides is 2. The molecule has 0 saturated carbocycles. The fourth-order valence-corrected chi connectivity index (χ4v) is 4.12. The van der Waals surface area contributed by atoms with Gasteiger partial charge in [-0.05, 0) is 84.8 Å². The Labute approximate surface area is 211 Å². The molecule has 34 heavy (non-hydrogen) atoms. The highest BCUT2D eigenvalue weighted by molar-refractivity contribution is 9.10. The van der Waals surface area contributed by atoms with Gasteiger partial charge >= 0.3 is 0 Å². The molecule has 1 aliphatic rings. The maximum atomic E-state index is 13.4. The number of carbonyl (C=O) groups is 2. The number of benzene rings is 2. The fraction of sp³-hybridized carbons (Fsp3) is 0.292. The second-order valence-corrected chi connectivity index (χ2v) is 8.67. The van der Waals surface area contributed by atoms with Crippen molar-refractivity contribution >= 4 is 56.8 Å². The second kappa shape index (κ2) is 10.9. The fourth-order valence-electron chi connectivity index (χ4n) is 3.30. The molecule has 2 aromatic rings. The number of hydrogen-bond acceptors (Lipinski definition) is 7. The van der Waals surface area contributed by atoms with E-state index in [1.807, 2.05) is 20.8 Å².